The molecule has 3 rings (SSSR count). The fourth-order valence-corrected chi connectivity index (χ4v) is 2.46. The van der Waals surface area contributed by atoms with Crippen molar-refractivity contribution in [2.24, 2.45) is 0 Å². The third-order valence-electron chi connectivity index (χ3n) is 3.42. The standard InChI is InChI=1S/C15H18N2O2/c1-10-9-16-15(19-10)11(2)17-13-7-8-18-14-6-4-3-5-12(13)14/h3-6,9,11,13,17H,7-8H2,1-2H3. The Kier molecular flexibility index (Phi) is 3.25. The molecule has 100 valence electrons. The molecule has 4 heteroatoms. The molecule has 0 amide bonds. The molecule has 2 unspecified atom stereocenters. The zero-order valence-corrected chi connectivity index (χ0v) is 11.2. The molecule has 2 heterocycles. The number of benzene rings is 1. The highest BCUT2D eigenvalue weighted by molar-refractivity contribution is 5.37. The summed E-state index contributed by atoms with van der Waals surface area (Å²) in [6, 6.07) is 8.55. The van der Waals surface area contributed by atoms with Gasteiger partial charge in [0, 0.05) is 18.0 Å². The van der Waals surface area contributed by atoms with Crippen molar-refractivity contribution in [3.8, 4) is 5.75 Å². The van der Waals surface area contributed by atoms with E-state index in [9.17, 15) is 0 Å². The first-order valence-electron chi connectivity index (χ1n) is 6.64. The van der Waals surface area contributed by atoms with Crippen molar-refractivity contribution in [2.75, 3.05) is 6.61 Å². The minimum atomic E-state index is 0.0878. The predicted octanol–water partition coefficient (Wildman–Crippen LogP) is 3.16. The molecular weight excluding hydrogens is 240 g/mol. The molecule has 1 aromatic carbocycles. The van der Waals surface area contributed by atoms with Crippen molar-refractivity contribution in [1.29, 1.82) is 0 Å². The Balaban J connectivity index is 1.77. The third kappa shape index (κ3) is 2.49. The molecule has 0 spiro atoms. The van der Waals surface area contributed by atoms with Crippen molar-refractivity contribution >= 4 is 0 Å². The predicted molar refractivity (Wildman–Crippen MR) is 72.1 cm³/mol. The number of aromatic nitrogens is 1. The van der Waals surface area contributed by atoms with E-state index in [4.69, 9.17) is 9.15 Å². The maximum atomic E-state index is 5.67. The molecule has 1 aliphatic rings. The summed E-state index contributed by atoms with van der Waals surface area (Å²) in [7, 11) is 0. The van der Waals surface area contributed by atoms with Gasteiger partial charge in [0.1, 0.15) is 11.5 Å². The fraction of sp³-hybridized carbons (Fsp3) is 0.400. The molecule has 19 heavy (non-hydrogen) atoms. The molecule has 1 N–H and O–H groups in total. The van der Waals surface area contributed by atoms with Crippen LogP contribution in [0.5, 0.6) is 5.75 Å². The Morgan fingerprint density at radius 1 is 1.37 bits per heavy atom. The van der Waals surface area contributed by atoms with Gasteiger partial charge < -0.3 is 9.15 Å². The van der Waals surface area contributed by atoms with Crippen LogP contribution >= 0.6 is 0 Å². The summed E-state index contributed by atoms with van der Waals surface area (Å²) in [4.78, 5) is 4.28. The number of aryl methyl sites for hydroxylation is 1. The number of ether oxygens (including phenoxy) is 1. The second-order valence-electron chi connectivity index (χ2n) is 4.93. The normalized spacial score (nSPS) is 19.6. The number of nitrogens with zero attached hydrogens (tertiary/aromatic N) is 1. The quantitative estimate of drug-likeness (QED) is 0.918. The molecule has 1 aliphatic heterocycles. The second kappa shape index (κ2) is 5.05. The number of nitrogens with one attached hydrogen (secondary N) is 1. The molecule has 2 atom stereocenters. The highest BCUT2D eigenvalue weighted by Crippen LogP contribution is 2.33. The van der Waals surface area contributed by atoms with Gasteiger partial charge in [-0.15, -0.1) is 0 Å². The lowest BCUT2D eigenvalue weighted by Crippen LogP contribution is -2.29. The van der Waals surface area contributed by atoms with Crippen LogP contribution in [0.4, 0.5) is 0 Å². The van der Waals surface area contributed by atoms with E-state index in [0.717, 1.165) is 30.4 Å². The van der Waals surface area contributed by atoms with Crippen LogP contribution < -0.4 is 10.1 Å². The van der Waals surface area contributed by atoms with Crippen LogP contribution in [0.2, 0.25) is 0 Å². The average Bonchev–Trinajstić information content (AvgIpc) is 2.86. The molecule has 0 radical (unpaired) electrons. The zero-order valence-electron chi connectivity index (χ0n) is 11.2. The van der Waals surface area contributed by atoms with Gasteiger partial charge in [0.15, 0.2) is 0 Å². The summed E-state index contributed by atoms with van der Waals surface area (Å²) in [5.41, 5.74) is 1.21. The SMILES string of the molecule is Cc1cnc(C(C)NC2CCOc3ccccc32)o1. The first kappa shape index (κ1) is 12.2. The maximum Gasteiger partial charge on any atom is 0.211 e. The van der Waals surface area contributed by atoms with E-state index in [1.54, 1.807) is 6.20 Å². The molecule has 0 bridgehead atoms. The van der Waals surface area contributed by atoms with Crippen LogP contribution in [-0.2, 0) is 0 Å². The Morgan fingerprint density at radius 3 is 3.00 bits per heavy atom. The Bertz CT molecular complexity index is 565. The summed E-state index contributed by atoms with van der Waals surface area (Å²) in [6.45, 7) is 4.72. The Labute approximate surface area is 112 Å². The van der Waals surface area contributed by atoms with Crippen LogP contribution in [0.3, 0.4) is 0 Å². The van der Waals surface area contributed by atoms with Gasteiger partial charge in [-0.3, -0.25) is 5.32 Å². The topological polar surface area (TPSA) is 47.3 Å². The molecule has 1 aromatic heterocycles. The lowest BCUT2D eigenvalue weighted by molar-refractivity contribution is 0.240. The molecule has 0 saturated heterocycles. The van der Waals surface area contributed by atoms with Crippen LogP contribution in [0.25, 0.3) is 0 Å². The Morgan fingerprint density at radius 2 is 2.21 bits per heavy atom. The average molecular weight is 258 g/mol. The first-order valence-corrected chi connectivity index (χ1v) is 6.64. The number of rotatable bonds is 3. The van der Waals surface area contributed by atoms with Crippen molar-refractivity contribution in [2.45, 2.75) is 32.4 Å². The van der Waals surface area contributed by atoms with Gasteiger partial charge in [-0.1, -0.05) is 18.2 Å². The number of oxazole rings is 1. The van der Waals surface area contributed by atoms with E-state index in [1.165, 1.54) is 5.56 Å². The van der Waals surface area contributed by atoms with Gasteiger partial charge in [-0.05, 0) is 19.9 Å². The minimum absolute atomic E-state index is 0.0878. The third-order valence-corrected chi connectivity index (χ3v) is 3.42. The molecule has 4 nitrogen and oxygen atoms in total. The number of hydrogen-bond acceptors (Lipinski definition) is 4. The number of fused-ring (bicyclic) bond motifs is 1. The van der Waals surface area contributed by atoms with Crippen LogP contribution in [0.1, 0.15) is 42.6 Å². The van der Waals surface area contributed by atoms with E-state index in [2.05, 4.69) is 23.3 Å². The van der Waals surface area contributed by atoms with Gasteiger partial charge in [0.05, 0.1) is 18.8 Å². The maximum absolute atomic E-state index is 5.67. The zero-order chi connectivity index (χ0) is 13.2. The molecule has 0 aliphatic carbocycles. The van der Waals surface area contributed by atoms with Crippen LogP contribution in [-0.4, -0.2) is 11.6 Å². The van der Waals surface area contributed by atoms with E-state index >= 15 is 0 Å². The number of para-hydroxylation sites is 1. The van der Waals surface area contributed by atoms with E-state index in [0.29, 0.717) is 0 Å². The van der Waals surface area contributed by atoms with Crippen molar-refractivity contribution in [1.82, 2.24) is 10.3 Å². The fourth-order valence-electron chi connectivity index (χ4n) is 2.46. The second-order valence-corrected chi connectivity index (χ2v) is 4.93. The number of hydrogen-bond donors (Lipinski definition) is 1. The molecule has 0 saturated carbocycles. The molecule has 2 aromatic rings. The Hall–Kier alpha value is -1.81. The summed E-state index contributed by atoms with van der Waals surface area (Å²) in [6.07, 6.45) is 2.71. The largest absolute Gasteiger partial charge is 0.493 e. The van der Waals surface area contributed by atoms with Gasteiger partial charge in [0.2, 0.25) is 5.89 Å². The monoisotopic (exact) mass is 258 g/mol. The summed E-state index contributed by atoms with van der Waals surface area (Å²) in [5, 5.41) is 3.57. The summed E-state index contributed by atoms with van der Waals surface area (Å²) < 4.78 is 11.2. The van der Waals surface area contributed by atoms with Crippen molar-refractivity contribution in [3.63, 3.8) is 0 Å². The highest BCUT2D eigenvalue weighted by Gasteiger charge is 2.24. The van der Waals surface area contributed by atoms with Gasteiger partial charge in [0.25, 0.3) is 0 Å². The van der Waals surface area contributed by atoms with Crippen LogP contribution in [0, 0.1) is 6.92 Å². The van der Waals surface area contributed by atoms with Crippen molar-refractivity contribution < 1.29 is 9.15 Å². The molecular formula is C15H18N2O2. The minimum Gasteiger partial charge on any atom is -0.493 e. The summed E-state index contributed by atoms with van der Waals surface area (Å²) in [5.74, 6) is 2.56. The summed E-state index contributed by atoms with van der Waals surface area (Å²) >= 11 is 0. The lowest BCUT2D eigenvalue weighted by Gasteiger charge is -2.28. The van der Waals surface area contributed by atoms with Crippen LogP contribution in [0.15, 0.2) is 34.9 Å². The smallest absolute Gasteiger partial charge is 0.211 e. The van der Waals surface area contributed by atoms with Gasteiger partial charge in [-0.2, -0.15) is 0 Å². The van der Waals surface area contributed by atoms with E-state index < -0.39 is 0 Å². The lowest BCUT2D eigenvalue weighted by atomic mass is 10.00. The first-order chi connectivity index (χ1) is 9.24. The van der Waals surface area contributed by atoms with E-state index in [1.807, 2.05) is 25.1 Å². The molecule has 0 fully saturated rings. The van der Waals surface area contributed by atoms with Crippen molar-refractivity contribution in [3.05, 3.63) is 47.7 Å². The van der Waals surface area contributed by atoms with E-state index in [-0.39, 0.29) is 12.1 Å². The van der Waals surface area contributed by atoms with Gasteiger partial charge >= 0.3 is 0 Å². The highest BCUT2D eigenvalue weighted by atomic mass is 16.5. The van der Waals surface area contributed by atoms with Gasteiger partial charge in [-0.25, -0.2) is 4.98 Å².